The Hall–Kier alpha value is -1.36. The van der Waals surface area contributed by atoms with Crippen LogP contribution in [0, 0.1) is 6.92 Å². The summed E-state index contributed by atoms with van der Waals surface area (Å²) in [5.74, 6) is 0. The molecular formula is C9H9FO3S. The Morgan fingerprint density at radius 3 is 2.36 bits per heavy atom. The van der Waals surface area contributed by atoms with Crippen molar-refractivity contribution in [3.05, 3.63) is 42.4 Å². The molecule has 0 aliphatic heterocycles. The van der Waals surface area contributed by atoms with Crippen LogP contribution >= 0.6 is 0 Å². The van der Waals surface area contributed by atoms with Crippen molar-refractivity contribution in [1.82, 2.24) is 0 Å². The van der Waals surface area contributed by atoms with Crippen LogP contribution in [0.1, 0.15) is 5.56 Å². The Labute approximate surface area is 82.0 Å². The number of halogens is 1. The van der Waals surface area contributed by atoms with Crippen molar-refractivity contribution in [3.63, 3.8) is 0 Å². The van der Waals surface area contributed by atoms with Crippen LogP contribution in [0.4, 0.5) is 4.39 Å². The zero-order valence-electron chi connectivity index (χ0n) is 7.48. The van der Waals surface area contributed by atoms with Crippen molar-refractivity contribution >= 4 is 10.1 Å². The van der Waals surface area contributed by atoms with E-state index in [1.54, 1.807) is 12.1 Å². The number of aryl methyl sites for hydroxylation is 1. The zero-order valence-corrected chi connectivity index (χ0v) is 8.29. The van der Waals surface area contributed by atoms with Gasteiger partial charge in [0.05, 0.1) is 0 Å². The topological polar surface area (TPSA) is 43.4 Å². The Kier molecular flexibility index (Phi) is 3.24. The van der Waals surface area contributed by atoms with E-state index in [1.807, 2.05) is 6.92 Å². The lowest BCUT2D eigenvalue weighted by Gasteiger charge is -2.01. The minimum absolute atomic E-state index is 0.00111. The predicted octanol–water partition coefficient (Wildman–Crippen LogP) is 2.14. The third kappa shape index (κ3) is 2.56. The second kappa shape index (κ2) is 4.23. The Bertz CT molecular complexity index is 420. The van der Waals surface area contributed by atoms with Gasteiger partial charge in [-0.25, -0.2) is 4.39 Å². The standard InChI is InChI=1S/C9H9FO3S/c1-8-2-4-9(5-3-8)14(11,12)13-7-6-10/h2-7H,1H3/b7-6+. The lowest BCUT2D eigenvalue weighted by molar-refractivity contribution is 0.435. The van der Waals surface area contributed by atoms with Crippen LogP contribution in [-0.2, 0) is 14.3 Å². The maximum atomic E-state index is 11.5. The molecule has 0 amide bonds. The van der Waals surface area contributed by atoms with Crippen molar-refractivity contribution in [2.75, 3.05) is 0 Å². The molecule has 0 radical (unpaired) electrons. The van der Waals surface area contributed by atoms with Gasteiger partial charge < -0.3 is 4.18 Å². The molecule has 1 aromatic rings. The van der Waals surface area contributed by atoms with E-state index in [2.05, 4.69) is 4.18 Å². The minimum atomic E-state index is -3.87. The molecule has 1 rings (SSSR count). The van der Waals surface area contributed by atoms with Crippen LogP contribution in [0.2, 0.25) is 0 Å². The van der Waals surface area contributed by atoms with Gasteiger partial charge in [0.15, 0.2) is 0 Å². The predicted molar refractivity (Wildman–Crippen MR) is 49.7 cm³/mol. The van der Waals surface area contributed by atoms with Crippen LogP contribution in [0.3, 0.4) is 0 Å². The molecule has 0 N–H and O–H groups in total. The third-order valence-electron chi connectivity index (χ3n) is 1.54. The zero-order chi connectivity index (χ0) is 10.6. The van der Waals surface area contributed by atoms with Crippen LogP contribution in [-0.4, -0.2) is 8.42 Å². The molecular weight excluding hydrogens is 207 g/mol. The normalized spacial score (nSPS) is 11.9. The summed E-state index contributed by atoms with van der Waals surface area (Å²) in [6.45, 7) is 1.83. The van der Waals surface area contributed by atoms with Crippen molar-refractivity contribution < 1.29 is 17.0 Å². The first kappa shape index (κ1) is 10.7. The van der Waals surface area contributed by atoms with Gasteiger partial charge in [0.25, 0.3) is 0 Å². The molecule has 1 aromatic carbocycles. The van der Waals surface area contributed by atoms with E-state index in [-0.39, 0.29) is 11.2 Å². The van der Waals surface area contributed by atoms with Gasteiger partial charge in [-0.15, -0.1) is 0 Å². The molecule has 0 spiro atoms. The maximum Gasteiger partial charge on any atom is 0.338 e. The molecule has 0 bridgehead atoms. The van der Waals surface area contributed by atoms with Gasteiger partial charge in [0.2, 0.25) is 0 Å². The third-order valence-corrected chi connectivity index (χ3v) is 2.76. The first-order chi connectivity index (χ1) is 6.56. The summed E-state index contributed by atoms with van der Waals surface area (Å²) in [5, 5.41) is 0. The monoisotopic (exact) mass is 216 g/mol. The quantitative estimate of drug-likeness (QED) is 0.574. The van der Waals surface area contributed by atoms with Gasteiger partial charge in [0.1, 0.15) is 17.5 Å². The summed E-state index contributed by atoms with van der Waals surface area (Å²) in [4.78, 5) is 0.00111. The van der Waals surface area contributed by atoms with Crippen molar-refractivity contribution in [3.8, 4) is 0 Å². The Morgan fingerprint density at radius 1 is 1.29 bits per heavy atom. The summed E-state index contributed by atoms with van der Waals surface area (Å²) >= 11 is 0. The van der Waals surface area contributed by atoms with Gasteiger partial charge in [-0.05, 0) is 19.1 Å². The van der Waals surface area contributed by atoms with E-state index < -0.39 is 10.1 Å². The molecule has 76 valence electrons. The SMILES string of the molecule is Cc1ccc(S(=O)(=O)O/C=C/F)cc1. The highest BCUT2D eigenvalue weighted by Gasteiger charge is 2.12. The van der Waals surface area contributed by atoms with E-state index in [1.165, 1.54) is 12.1 Å². The fraction of sp³-hybridized carbons (Fsp3) is 0.111. The number of benzene rings is 1. The molecule has 0 heterocycles. The molecule has 0 saturated carbocycles. The summed E-state index contributed by atoms with van der Waals surface area (Å²) in [6, 6.07) is 6.07. The first-order valence-electron chi connectivity index (χ1n) is 3.81. The highest BCUT2D eigenvalue weighted by Crippen LogP contribution is 2.13. The molecule has 0 fully saturated rings. The van der Waals surface area contributed by atoms with Crippen LogP contribution in [0.15, 0.2) is 41.8 Å². The largest absolute Gasteiger partial charge is 0.384 e. The average Bonchev–Trinajstić information content (AvgIpc) is 2.16. The molecule has 0 unspecified atom stereocenters. The van der Waals surface area contributed by atoms with Gasteiger partial charge in [-0.1, -0.05) is 17.7 Å². The molecule has 0 atom stereocenters. The summed E-state index contributed by atoms with van der Waals surface area (Å²) in [7, 11) is -3.87. The first-order valence-corrected chi connectivity index (χ1v) is 5.22. The fourth-order valence-corrected chi connectivity index (χ4v) is 1.62. The van der Waals surface area contributed by atoms with Gasteiger partial charge in [0, 0.05) is 0 Å². The fourth-order valence-electron chi connectivity index (χ4n) is 0.855. The smallest absolute Gasteiger partial charge is 0.338 e. The lowest BCUT2D eigenvalue weighted by Crippen LogP contribution is -2.01. The maximum absolute atomic E-state index is 11.5. The molecule has 14 heavy (non-hydrogen) atoms. The molecule has 0 aliphatic rings. The highest BCUT2D eigenvalue weighted by molar-refractivity contribution is 7.86. The van der Waals surface area contributed by atoms with E-state index >= 15 is 0 Å². The van der Waals surface area contributed by atoms with E-state index in [0.717, 1.165) is 5.56 Å². The second-order valence-corrected chi connectivity index (χ2v) is 4.20. The number of hydrogen-bond acceptors (Lipinski definition) is 3. The Morgan fingerprint density at radius 2 is 1.86 bits per heavy atom. The van der Waals surface area contributed by atoms with Crippen molar-refractivity contribution in [2.24, 2.45) is 0 Å². The molecule has 0 saturated heterocycles. The van der Waals surface area contributed by atoms with Crippen LogP contribution in [0.5, 0.6) is 0 Å². The van der Waals surface area contributed by atoms with Crippen LogP contribution in [0.25, 0.3) is 0 Å². The summed E-state index contributed by atoms with van der Waals surface area (Å²) in [6.07, 6.45) is 0.501. The summed E-state index contributed by atoms with van der Waals surface area (Å²) in [5.41, 5.74) is 0.935. The second-order valence-electron chi connectivity index (χ2n) is 2.63. The molecule has 5 heteroatoms. The highest BCUT2D eigenvalue weighted by atomic mass is 32.2. The van der Waals surface area contributed by atoms with Gasteiger partial charge in [-0.3, -0.25) is 0 Å². The Balaban J connectivity index is 2.99. The average molecular weight is 216 g/mol. The van der Waals surface area contributed by atoms with Crippen molar-refractivity contribution in [2.45, 2.75) is 11.8 Å². The van der Waals surface area contributed by atoms with E-state index in [9.17, 15) is 12.8 Å². The molecule has 3 nitrogen and oxygen atoms in total. The van der Waals surface area contributed by atoms with Crippen LogP contribution < -0.4 is 0 Å². The van der Waals surface area contributed by atoms with Gasteiger partial charge >= 0.3 is 10.1 Å². The van der Waals surface area contributed by atoms with E-state index in [0.29, 0.717) is 6.26 Å². The minimum Gasteiger partial charge on any atom is -0.384 e. The number of hydrogen-bond donors (Lipinski definition) is 0. The molecule has 0 aliphatic carbocycles. The summed E-state index contributed by atoms with van der Waals surface area (Å²) < 4.78 is 38.3. The number of rotatable bonds is 3. The van der Waals surface area contributed by atoms with E-state index in [4.69, 9.17) is 0 Å². The van der Waals surface area contributed by atoms with Gasteiger partial charge in [-0.2, -0.15) is 8.42 Å². The lowest BCUT2D eigenvalue weighted by atomic mass is 10.2. The van der Waals surface area contributed by atoms with Crippen molar-refractivity contribution in [1.29, 1.82) is 0 Å². The molecule has 0 aromatic heterocycles.